The average Bonchev–Trinajstić information content (AvgIpc) is 2.98. The summed E-state index contributed by atoms with van der Waals surface area (Å²) in [6.45, 7) is 2.16. The lowest BCUT2D eigenvalue weighted by atomic mass is 9.92. The van der Waals surface area contributed by atoms with Crippen molar-refractivity contribution in [2.75, 3.05) is 0 Å². The van der Waals surface area contributed by atoms with Crippen molar-refractivity contribution in [2.24, 2.45) is 0 Å². The molecule has 178 valence electrons. The smallest absolute Gasteiger partial charge is 0.0879 e. The van der Waals surface area contributed by atoms with Gasteiger partial charge in [-0.1, -0.05) is 72.8 Å². The van der Waals surface area contributed by atoms with Gasteiger partial charge in [0.25, 0.3) is 0 Å². The fraction of sp³-hybridized carbons (Fsp3) is 0.0588. The van der Waals surface area contributed by atoms with Crippen molar-refractivity contribution in [2.45, 2.75) is 13.0 Å². The van der Waals surface area contributed by atoms with Crippen LogP contribution in [0.1, 0.15) is 28.6 Å². The summed E-state index contributed by atoms with van der Waals surface area (Å²) < 4.78 is 0. The number of rotatable bonds is 5. The molecule has 3 nitrogen and oxygen atoms in total. The number of nitrogens with zero attached hydrogens (tertiary/aromatic N) is 2. The average molecular weight is 478 g/mol. The van der Waals surface area contributed by atoms with Gasteiger partial charge in [-0.15, -0.1) is 0 Å². The van der Waals surface area contributed by atoms with E-state index in [0.717, 1.165) is 28.2 Å². The minimum atomic E-state index is -0.0504. The lowest BCUT2D eigenvalue weighted by molar-refractivity contribution is 0.736. The molecule has 2 aromatic heterocycles. The van der Waals surface area contributed by atoms with Gasteiger partial charge in [0.15, 0.2) is 0 Å². The lowest BCUT2D eigenvalue weighted by Crippen LogP contribution is -2.23. The summed E-state index contributed by atoms with van der Waals surface area (Å²) in [7, 11) is 0. The van der Waals surface area contributed by atoms with Gasteiger partial charge >= 0.3 is 0 Å². The summed E-state index contributed by atoms with van der Waals surface area (Å²) in [4.78, 5) is 9.21. The van der Waals surface area contributed by atoms with E-state index in [4.69, 9.17) is 0 Å². The first-order chi connectivity index (χ1) is 18.2. The number of dihydropyridines is 1. The molecular weight excluding hydrogens is 450 g/mol. The minimum Gasteiger partial charge on any atom is -0.371 e. The zero-order valence-corrected chi connectivity index (χ0v) is 20.7. The number of aryl methyl sites for hydroxylation is 1. The molecule has 1 atom stereocenters. The normalized spacial score (nSPS) is 14.9. The quantitative estimate of drug-likeness (QED) is 0.280. The molecule has 0 aliphatic carbocycles. The van der Waals surface area contributed by atoms with Crippen LogP contribution in [0.2, 0.25) is 0 Å². The fourth-order valence-corrected chi connectivity index (χ4v) is 4.83. The maximum Gasteiger partial charge on any atom is 0.0879 e. The second-order valence-corrected chi connectivity index (χ2v) is 9.31. The van der Waals surface area contributed by atoms with Gasteiger partial charge in [0, 0.05) is 12.4 Å². The Hall–Kier alpha value is -4.76. The lowest BCUT2D eigenvalue weighted by Gasteiger charge is -2.24. The van der Waals surface area contributed by atoms with Gasteiger partial charge in [0.2, 0.25) is 0 Å². The van der Waals surface area contributed by atoms with E-state index >= 15 is 0 Å². The van der Waals surface area contributed by atoms with Gasteiger partial charge in [-0.25, -0.2) is 0 Å². The van der Waals surface area contributed by atoms with Crippen LogP contribution in [0.4, 0.5) is 0 Å². The van der Waals surface area contributed by atoms with Crippen molar-refractivity contribution < 1.29 is 0 Å². The van der Waals surface area contributed by atoms with Gasteiger partial charge in [0.1, 0.15) is 0 Å². The number of hydrogen-bond acceptors (Lipinski definition) is 3. The molecule has 1 unspecified atom stereocenters. The summed E-state index contributed by atoms with van der Waals surface area (Å²) in [6, 6.07) is 38.1. The van der Waals surface area contributed by atoms with E-state index in [1.807, 2.05) is 42.7 Å². The summed E-state index contributed by atoms with van der Waals surface area (Å²) in [5.41, 5.74) is 11.3. The summed E-state index contributed by atoms with van der Waals surface area (Å²) in [6.07, 6.45) is 8.10. The van der Waals surface area contributed by atoms with Crippen molar-refractivity contribution in [1.82, 2.24) is 15.3 Å². The van der Waals surface area contributed by atoms with Gasteiger partial charge in [-0.2, -0.15) is 0 Å². The zero-order valence-electron chi connectivity index (χ0n) is 20.7. The maximum atomic E-state index is 4.62. The van der Waals surface area contributed by atoms with Crippen molar-refractivity contribution in [3.8, 4) is 22.3 Å². The molecule has 3 aromatic carbocycles. The van der Waals surface area contributed by atoms with Crippen LogP contribution < -0.4 is 5.32 Å². The second kappa shape index (κ2) is 10.1. The molecule has 37 heavy (non-hydrogen) atoms. The summed E-state index contributed by atoms with van der Waals surface area (Å²) in [5.74, 6) is 0. The monoisotopic (exact) mass is 477 g/mol. The van der Waals surface area contributed by atoms with E-state index < -0.39 is 0 Å². The third kappa shape index (κ3) is 4.98. The number of aromatic nitrogens is 2. The molecule has 1 aliphatic heterocycles. The van der Waals surface area contributed by atoms with Crippen LogP contribution in [0, 0.1) is 6.92 Å². The minimum absolute atomic E-state index is 0.0504. The number of benzene rings is 3. The van der Waals surface area contributed by atoms with E-state index in [1.165, 1.54) is 27.8 Å². The first kappa shape index (κ1) is 22.7. The molecule has 3 heteroatoms. The Morgan fingerprint density at radius 3 is 2.03 bits per heavy atom. The van der Waals surface area contributed by atoms with Crippen LogP contribution >= 0.6 is 0 Å². The van der Waals surface area contributed by atoms with Crippen molar-refractivity contribution in [3.05, 3.63) is 156 Å². The zero-order chi connectivity index (χ0) is 25.0. The van der Waals surface area contributed by atoms with Crippen LogP contribution in [0.25, 0.3) is 33.5 Å². The second-order valence-electron chi connectivity index (χ2n) is 9.31. The molecule has 3 heterocycles. The Morgan fingerprint density at radius 2 is 1.27 bits per heavy atom. The molecular formula is C34H27N3. The Labute approximate surface area is 217 Å². The molecule has 0 bridgehead atoms. The molecule has 1 N–H and O–H groups in total. The molecule has 0 saturated heterocycles. The molecule has 5 aromatic rings. The Morgan fingerprint density at radius 1 is 0.595 bits per heavy atom. The van der Waals surface area contributed by atoms with Gasteiger partial charge < -0.3 is 5.32 Å². The largest absolute Gasteiger partial charge is 0.371 e. The first-order valence-corrected chi connectivity index (χ1v) is 12.5. The third-order valence-electron chi connectivity index (χ3n) is 6.62. The molecule has 0 fully saturated rings. The molecule has 1 aliphatic rings. The molecule has 0 amide bonds. The first-order valence-electron chi connectivity index (χ1n) is 12.5. The summed E-state index contributed by atoms with van der Waals surface area (Å²) >= 11 is 0. The van der Waals surface area contributed by atoms with E-state index in [9.17, 15) is 0 Å². The van der Waals surface area contributed by atoms with Crippen LogP contribution in [-0.2, 0) is 0 Å². The van der Waals surface area contributed by atoms with E-state index in [2.05, 4.69) is 113 Å². The number of pyridine rings is 2. The number of nitrogens with one attached hydrogen (secondary N) is 1. The molecule has 0 radical (unpaired) electrons. The van der Waals surface area contributed by atoms with Crippen molar-refractivity contribution >= 4 is 11.3 Å². The fourth-order valence-electron chi connectivity index (χ4n) is 4.83. The van der Waals surface area contributed by atoms with Crippen molar-refractivity contribution in [1.29, 1.82) is 0 Å². The Balaban J connectivity index is 1.42. The van der Waals surface area contributed by atoms with Crippen LogP contribution in [0.5, 0.6) is 0 Å². The predicted octanol–water partition coefficient (Wildman–Crippen LogP) is 7.89. The van der Waals surface area contributed by atoms with Crippen LogP contribution in [0.15, 0.2) is 134 Å². The topological polar surface area (TPSA) is 37.8 Å². The molecule has 0 saturated carbocycles. The standard InChI is InChI=1S/C34H27N3/c1-24-18-28(25-10-3-2-4-11-25)21-29(19-24)26-12-9-13-27(20-26)30-22-33(31-14-5-7-16-35-31)37-34(23-30)32-15-6-8-17-36-32/h2-23,33,37H,1H3. The molecule has 6 rings (SSSR count). The van der Waals surface area contributed by atoms with E-state index in [-0.39, 0.29) is 6.04 Å². The Kier molecular flexibility index (Phi) is 6.18. The number of allylic oxidation sites excluding steroid dienone is 2. The van der Waals surface area contributed by atoms with E-state index in [1.54, 1.807) is 0 Å². The highest BCUT2D eigenvalue weighted by Gasteiger charge is 2.19. The highest BCUT2D eigenvalue weighted by atomic mass is 15.0. The number of hydrogen-bond donors (Lipinski definition) is 1. The highest BCUT2D eigenvalue weighted by molar-refractivity contribution is 5.87. The summed E-state index contributed by atoms with van der Waals surface area (Å²) in [5, 5.41) is 3.62. The Bertz CT molecular complexity index is 1590. The third-order valence-corrected chi connectivity index (χ3v) is 6.62. The predicted molar refractivity (Wildman–Crippen MR) is 152 cm³/mol. The van der Waals surface area contributed by atoms with Crippen LogP contribution in [0.3, 0.4) is 0 Å². The van der Waals surface area contributed by atoms with Gasteiger partial charge in [-0.3, -0.25) is 9.97 Å². The SMILES string of the molecule is Cc1cc(-c2ccccc2)cc(-c2cccc(C3=CC(c4ccccn4)NC(c4ccccn4)=C3)c2)c1. The van der Waals surface area contributed by atoms with Gasteiger partial charge in [-0.05, 0) is 94.4 Å². The highest BCUT2D eigenvalue weighted by Crippen LogP contribution is 2.34. The van der Waals surface area contributed by atoms with Crippen LogP contribution in [-0.4, -0.2) is 9.97 Å². The van der Waals surface area contributed by atoms with E-state index in [0.29, 0.717) is 0 Å². The molecule has 0 spiro atoms. The van der Waals surface area contributed by atoms with Crippen molar-refractivity contribution in [3.63, 3.8) is 0 Å². The maximum absolute atomic E-state index is 4.62. The van der Waals surface area contributed by atoms with Gasteiger partial charge in [0.05, 0.1) is 23.1 Å².